The monoisotopic (exact) mass is 276 g/mol. The predicted molar refractivity (Wildman–Crippen MR) is 76.7 cm³/mol. The summed E-state index contributed by atoms with van der Waals surface area (Å²) in [7, 11) is 1.67. The van der Waals surface area contributed by atoms with Crippen LogP contribution in [0, 0.1) is 13.8 Å². The van der Waals surface area contributed by atoms with Crippen molar-refractivity contribution in [2.45, 2.75) is 32.9 Å². The molecular weight excluding hydrogens is 256 g/mol. The highest BCUT2D eigenvalue weighted by atomic mass is 16.5. The van der Waals surface area contributed by atoms with Crippen LogP contribution in [0.4, 0.5) is 5.82 Å². The van der Waals surface area contributed by atoms with E-state index in [1.165, 1.54) is 0 Å². The van der Waals surface area contributed by atoms with E-state index in [-0.39, 0.29) is 12.1 Å². The summed E-state index contributed by atoms with van der Waals surface area (Å²) in [5.41, 5.74) is 9.95. The molecule has 0 bridgehead atoms. The number of nitrogen functional groups attached to an aromatic ring is 1. The first-order valence-electron chi connectivity index (χ1n) is 6.79. The fourth-order valence-corrected chi connectivity index (χ4v) is 2.83. The first kappa shape index (κ1) is 13.3. The van der Waals surface area contributed by atoms with E-state index in [9.17, 15) is 0 Å². The largest absolute Gasteiger partial charge is 0.382 e. The number of anilines is 1. The maximum absolute atomic E-state index is 6.04. The first-order chi connectivity index (χ1) is 9.54. The molecule has 2 atom stereocenters. The minimum Gasteiger partial charge on any atom is -0.382 e. The molecule has 6 nitrogen and oxygen atoms in total. The Morgan fingerprint density at radius 3 is 2.85 bits per heavy atom. The molecule has 20 heavy (non-hydrogen) atoms. The van der Waals surface area contributed by atoms with Gasteiger partial charge in [-0.1, -0.05) is 0 Å². The summed E-state index contributed by atoms with van der Waals surface area (Å²) in [6.07, 6.45) is -0.150. The topological polar surface area (TPSA) is 75.2 Å². The molecule has 0 amide bonds. The van der Waals surface area contributed by atoms with E-state index in [0.717, 1.165) is 28.1 Å². The summed E-state index contributed by atoms with van der Waals surface area (Å²) in [5, 5.41) is 0. The lowest BCUT2D eigenvalue weighted by atomic mass is 10.1. The fourth-order valence-electron chi connectivity index (χ4n) is 2.83. The third-order valence-corrected chi connectivity index (χ3v) is 3.95. The Labute approximate surface area is 117 Å². The summed E-state index contributed by atoms with van der Waals surface area (Å²) >= 11 is 0. The average molecular weight is 276 g/mol. The van der Waals surface area contributed by atoms with Gasteiger partial charge >= 0.3 is 0 Å². The second kappa shape index (κ2) is 4.71. The number of aromatic nitrogens is 3. The zero-order valence-electron chi connectivity index (χ0n) is 12.3. The maximum atomic E-state index is 6.04. The Bertz CT molecular complexity index is 665. The molecule has 1 unspecified atom stereocenters. The van der Waals surface area contributed by atoms with Gasteiger partial charge < -0.3 is 19.8 Å². The zero-order chi connectivity index (χ0) is 14.4. The van der Waals surface area contributed by atoms with Crippen molar-refractivity contribution in [1.29, 1.82) is 0 Å². The van der Waals surface area contributed by atoms with Crippen molar-refractivity contribution in [2.75, 3.05) is 26.1 Å². The van der Waals surface area contributed by atoms with Crippen LogP contribution in [-0.4, -0.2) is 34.9 Å². The van der Waals surface area contributed by atoms with Crippen LogP contribution in [0.25, 0.3) is 11.0 Å². The number of ether oxygens (including phenoxy) is 2. The van der Waals surface area contributed by atoms with Crippen molar-refractivity contribution in [2.24, 2.45) is 0 Å². The van der Waals surface area contributed by atoms with E-state index in [0.29, 0.717) is 19.0 Å². The molecule has 0 aliphatic carbocycles. The second-order valence-electron chi connectivity index (χ2n) is 5.37. The van der Waals surface area contributed by atoms with E-state index in [1.54, 1.807) is 7.11 Å². The third-order valence-electron chi connectivity index (χ3n) is 3.95. The molecule has 2 aromatic rings. The van der Waals surface area contributed by atoms with Gasteiger partial charge in [0.25, 0.3) is 0 Å². The Kier molecular flexibility index (Phi) is 3.14. The second-order valence-corrected chi connectivity index (χ2v) is 5.37. The summed E-state index contributed by atoms with van der Waals surface area (Å²) < 4.78 is 13.3. The number of methoxy groups -OCH3 is 1. The number of hydrogen-bond donors (Lipinski definition) is 1. The molecule has 0 saturated carbocycles. The molecule has 6 heteroatoms. The molecule has 0 aromatic carbocycles. The van der Waals surface area contributed by atoms with Crippen LogP contribution in [-0.2, 0) is 9.47 Å². The van der Waals surface area contributed by atoms with Crippen LogP contribution >= 0.6 is 0 Å². The van der Waals surface area contributed by atoms with Gasteiger partial charge in [-0.3, -0.25) is 0 Å². The molecule has 3 rings (SSSR count). The number of fused-ring (bicyclic) bond motifs is 3. The van der Waals surface area contributed by atoms with Crippen LogP contribution in [0.2, 0.25) is 0 Å². The first-order valence-corrected chi connectivity index (χ1v) is 6.79. The van der Waals surface area contributed by atoms with Gasteiger partial charge in [-0.25, -0.2) is 9.97 Å². The number of nitrogens with two attached hydrogens (primary N) is 1. The molecular formula is C14H20N4O2. The predicted octanol–water partition coefficient (Wildman–Crippen LogP) is 1.91. The Morgan fingerprint density at radius 1 is 1.40 bits per heavy atom. The van der Waals surface area contributed by atoms with E-state index in [4.69, 9.17) is 15.2 Å². The van der Waals surface area contributed by atoms with Crippen molar-refractivity contribution in [3.63, 3.8) is 0 Å². The highest BCUT2D eigenvalue weighted by molar-refractivity contribution is 5.88. The minimum atomic E-state index is -0.150. The Balaban J connectivity index is 2.32. The Hall–Kier alpha value is -1.66. The minimum absolute atomic E-state index is 0.150. The summed E-state index contributed by atoms with van der Waals surface area (Å²) in [5.74, 6) is 1.36. The molecule has 0 saturated heterocycles. The van der Waals surface area contributed by atoms with Crippen LogP contribution in [0.1, 0.15) is 36.2 Å². The standard InChI is InChI=1S/C14H20N4O2/c1-7-5-20-10(6-19-4)14-17-11-12(18(7)14)8(2)9(3)16-13(11)15/h7,10H,5-6H2,1-4H3,(H2,15,16)/t7-,10?/m0/s1. The molecule has 108 valence electrons. The van der Waals surface area contributed by atoms with Gasteiger partial charge in [0.2, 0.25) is 0 Å². The summed E-state index contributed by atoms with van der Waals surface area (Å²) in [6.45, 7) is 7.29. The third kappa shape index (κ3) is 1.79. The zero-order valence-corrected chi connectivity index (χ0v) is 12.3. The van der Waals surface area contributed by atoms with Gasteiger partial charge in [-0.2, -0.15) is 0 Å². The van der Waals surface area contributed by atoms with Gasteiger partial charge in [-0.15, -0.1) is 0 Å². The number of imidazole rings is 1. The summed E-state index contributed by atoms with van der Waals surface area (Å²) in [4.78, 5) is 9.05. The van der Waals surface area contributed by atoms with Crippen molar-refractivity contribution in [3.8, 4) is 0 Å². The average Bonchev–Trinajstić information content (AvgIpc) is 2.81. The SMILES string of the molecule is COCC1OC[C@H](C)n2c1nc1c(N)nc(C)c(C)c12. The Morgan fingerprint density at radius 2 is 2.15 bits per heavy atom. The molecule has 2 N–H and O–H groups in total. The van der Waals surface area contributed by atoms with Crippen LogP contribution < -0.4 is 5.73 Å². The van der Waals surface area contributed by atoms with Crippen LogP contribution in [0.15, 0.2) is 0 Å². The number of nitrogens with zero attached hydrogens (tertiary/aromatic N) is 3. The number of rotatable bonds is 2. The number of pyridine rings is 1. The molecule has 0 radical (unpaired) electrons. The van der Waals surface area contributed by atoms with Crippen LogP contribution in [0.3, 0.4) is 0 Å². The van der Waals surface area contributed by atoms with Gasteiger partial charge in [0.05, 0.1) is 24.8 Å². The molecule has 0 spiro atoms. The quantitative estimate of drug-likeness (QED) is 0.906. The van der Waals surface area contributed by atoms with E-state index >= 15 is 0 Å². The van der Waals surface area contributed by atoms with E-state index < -0.39 is 0 Å². The van der Waals surface area contributed by atoms with Crippen molar-refractivity contribution in [1.82, 2.24) is 14.5 Å². The molecule has 1 aliphatic heterocycles. The lowest BCUT2D eigenvalue weighted by Crippen LogP contribution is -2.28. The molecule has 1 aliphatic rings. The van der Waals surface area contributed by atoms with E-state index in [1.807, 2.05) is 6.92 Å². The normalized spacial score (nSPS) is 22.2. The molecule has 2 aromatic heterocycles. The number of aryl methyl sites for hydroxylation is 2. The van der Waals surface area contributed by atoms with Crippen molar-refractivity contribution >= 4 is 16.9 Å². The summed E-state index contributed by atoms with van der Waals surface area (Å²) in [6, 6.07) is 0.225. The maximum Gasteiger partial charge on any atom is 0.151 e. The van der Waals surface area contributed by atoms with Crippen molar-refractivity contribution in [3.05, 3.63) is 17.1 Å². The van der Waals surface area contributed by atoms with Gasteiger partial charge in [0.1, 0.15) is 17.4 Å². The lowest BCUT2D eigenvalue weighted by Gasteiger charge is -2.29. The smallest absolute Gasteiger partial charge is 0.151 e. The van der Waals surface area contributed by atoms with Gasteiger partial charge in [0.15, 0.2) is 5.82 Å². The van der Waals surface area contributed by atoms with Gasteiger partial charge in [-0.05, 0) is 26.3 Å². The van der Waals surface area contributed by atoms with Crippen molar-refractivity contribution < 1.29 is 9.47 Å². The highest BCUT2D eigenvalue weighted by Crippen LogP contribution is 2.35. The number of hydrogen-bond acceptors (Lipinski definition) is 5. The van der Waals surface area contributed by atoms with Crippen LogP contribution in [0.5, 0.6) is 0 Å². The highest BCUT2D eigenvalue weighted by Gasteiger charge is 2.30. The van der Waals surface area contributed by atoms with Gasteiger partial charge in [0, 0.05) is 12.8 Å². The lowest BCUT2D eigenvalue weighted by molar-refractivity contribution is -0.0397. The molecule has 3 heterocycles. The molecule has 0 fully saturated rings. The van der Waals surface area contributed by atoms with E-state index in [2.05, 4.69) is 28.4 Å². The fraction of sp³-hybridized carbons (Fsp3) is 0.571.